The smallest absolute Gasteiger partial charge is 0.119 e. The fourth-order valence-electron chi connectivity index (χ4n) is 2.31. The Morgan fingerprint density at radius 2 is 2.17 bits per heavy atom. The highest BCUT2D eigenvalue weighted by molar-refractivity contribution is 5.20. The van der Waals surface area contributed by atoms with Crippen molar-refractivity contribution in [2.45, 2.75) is 25.7 Å². The molecule has 1 atom stereocenters. The normalized spacial score (nSPS) is 23.3. The topological polar surface area (TPSA) is 42.2 Å². The van der Waals surface area contributed by atoms with E-state index in [1.165, 1.54) is 0 Å². The maximum atomic E-state index is 9.29. The molecule has 1 heterocycles. The van der Waals surface area contributed by atoms with E-state index in [1.54, 1.807) is 0 Å². The van der Waals surface area contributed by atoms with Gasteiger partial charge in [-0.3, -0.25) is 0 Å². The van der Waals surface area contributed by atoms with E-state index in [0.29, 0.717) is 13.2 Å². The summed E-state index contributed by atoms with van der Waals surface area (Å²) in [4.78, 5) is 0. The zero-order valence-corrected chi connectivity index (χ0v) is 10.6. The Morgan fingerprint density at radius 3 is 2.83 bits per heavy atom. The van der Waals surface area contributed by atoms with Crippen molar-refractivity contribution in [2.75, 3.05) is 19.8 Å². The lowest BCUT2D eigenvalue weighted by molar-refractivity contribution is 0.0156. The van der Waals surface area contributed by atoms with E-state index < -0.39 is 0 Å². The summed E-state index contributed by atoms with van der Waals surface area (Å²) in [6.07, 6.45) is 3.70. The fourth-order valence-corrected chi connectivity index (χ4v) is 2.31. The van der Waals surface area contributed by atoms with Crippen LogP contribution in [-0.2, 0) is 4.74 Å². The van der Waals surface area contributed by atoms with Crippen LogP contribution >= 0.6 is 0 Å². The van der Waals surface area contributed by atoms with Gasteiger partial charge in [0, 0.05) is 6.61 Å². The molecular weight excluding hydrogens is 226 g/mol. The molecule has 3 nitrogen and oxygen atoms in total. The number of rotatable bonds is 5. The minimum absolute atomic E-state index is 0.279. The maximum absolute atomic E-state index is 9.29. The zero-order valence-electron chi connectivity index (χ0n) is 10.6. The van der Waals surface area contributed by atoms with Crippen molar-refractivity contribution < 1.29 is 9.47 Å². The van der Waals surface area contributed by atoms with Crippen molar-refractivity contribution in [3.8, 4) is 11.8 Å². The van der Waals surface area contributed by atoms with E-state index in [0.717, 1.165) is 38.0 Å². The molecule has 1 saturated heterocycles. The third kappa shape index (κ3) is 3.48. The first-order valence-electron chi connectivity index (χ1n) is 6.52. The molecule has 0 bridgehead atoms. The van der Waals surface area contributed by atoms with E-state index in [1.807, 2.05) is 30.3 Å². The summed E-state index contributed by atoms with van der Waals surface area (Å²) in [7, 11) is 0. The molecule has 0 spiro atoms. The number of para-hydroxylation sites is 1. The average molecular weight is 245 g/mol. The van der Waals surface area contributed by atoms with Gasteiger partial charge in [-0.05, 0) is 37.8 Å². The van der Waals surface area contributed by atoms with Crippen LogP contribution in [0.15, 0.2) is 30.3 Å². The highest BCUT2D eigenvalue weighted by Crippen LogP contribution is 2.32. The molecule has 2 rings (SSSR count). The molecule has 1 unspecified atom stereocenters. The van der Waals surface area contributed by atoms with Gasteiger partial charge >= 0.3 is 0 Å². The Morgan fingerprint density at radius 1 is 1.33 bits per heavy atom. The summed E-state index contributed by atoms with van der Waals surface area (Å²) >= 11 is 0. The van der Waals surface area contributed by atoms with Gasteiger partial charge in [-0.2, -0.15) is 5.26 Å². The lowest BCUT2D eigenvalue weighted by Gasteiger charge is -2.30. The highest BCUT2D eigenvalue weighted by Gasteiger charge is 2.32. The molecule has 0 saturated carbocycles. The van der Waals surface area contributed by atoms with Crippen molar-refractivity contribution in [1.29, 1.82) is 5.26 Å². The quantitative estimate of drug-likeness (QED) is 0.748. The van der Waals surface area contributed by atoms with Crippen LogP contribution in [0.3, 0.4) is 0 Å². The zero-order chi connectivity index (χ0) is 12.7. The van der Waals surface area contributed by atoms with E-state index >= 15 is 0 Å². The second-order valence-corrected chi connectivity index (χ2v) is 4.81. The van der Waals surface area contributed by atoms with Crippen molar-refractivity contribution in [3.63, 3.8) is 0 Å². The number of hydrogen-bond donors (Lipinski definition) is 0. The van der Waals surface area contributed by atoms with Crippen LogP contribution in [0.1, 0.15) is 25.7 Å². The number of ether oxygens (including phenoxy) is 2. The van der Waals surface area contributed by atoms with Crippen LogP contribution in [0.4, 0.5) is 0 Å². The SMILES string of the molecule is N#CC1(CCCOc2ccccc2)CCCOC1. The molecule has 0 radical (unpaired) electrons. The van der Waals surface area contributed by atoms with Crippen LogP contribution in [0, 0.1) is 16.7 Å². The van der Waals surface area contributed by atoms with Gasteiger partial charge in [-0.25, -0.2) is 0 Å². The lowest BCUT2D eigenvalue weighted by Crippen LogP contribution is -2.30. The van der Waals surface area contributed by atoms with Gasteiger partial charge in [0.15, 0.2) is 0 Å². The van der Waals surface area contributed by atoms with Crippen LogP contribution in [-0.4, -0.2) is 19.8 Å². The number of hydrogen-bond acceptors (Lipinski definition) is 3. The standard InChI is InChI=1S/C15H19NO2/c16-12-15(8-4-10-17-13-15)9-5-11-18-14-6-2-1-3-7-14/h1-3,6-7H,4-5,8-11,13H2. The van der Waals surface area contributed by atoms with E-state index in [-0.39, 0.29) is 5.41 Å². The molecular formula is C15H19NO2. The summed E-state index contributed by atoms with van der Waals surface area (Å²) in [6.45, 7) is 2.03. The Balaban J connectivity index is 1.73. The van der Waals surface area contributed by atoms with Crippen molar-refractivity contribution >= 4 is 0 Å². The molecule has 0 aromatic heterocycles. The molecule has 1 aliphatic heterocycles. The van der Waals surface area contributed by atoms with Gasteiger partial charge in [0.2, 0.25) is 0 Å². The Hall–Kier alpha value is -1.53. The first-order chi connectivity index (χ1) is 8.85. The molecule has 1 aliphatic rings. The highest BCUT2D eigenvalue weighted by atomic mass is 16.5. The van der Waals surface area contributed by atoms with Crippen molar-refractivity contribution in [2.24, 2.45) is 5.41 Å². The molecule has 96 valence electrons. The number of nitriles is 1. The molecule has 1 aromatic carbocycles. The van der Waals surface area contributed by atoms with E-state index in [9.17, 15) is 5.26 Å². The molecule has 18 heavy (non-hydrogen) atoms. The monoisotopic (exact) mass is 245 g/mol. The molecule has 0 amide bonds. The summed E-state index contributed by atoms with van der Waals surface area (Å²) in [5, 5.41) is 9.29. The Labute approximate surface area is 108 Å². The Bertz CT molecular complexity index is 391. The first kappa shape index (κ1) is 12.9. The van der Waals surface area contributed by atoms with Gasteiger partial charge in [0.25, 0.3) is 0 Å². The third-order valence-electron chi connectivity index (χ3n) is 3.37. The maximum Gasteiger partial charge on any atom is 0.119 e. The molecule has 0 N–H and O–H groups in total. The Kier molecular flexibility index (Phi) is 4.60. The molecule has 0 aliphatic carbocycles. The van der Waals surface area contributed by atoms with Gasteiger partial charge in [-0.1, -0.05) is 18.2 Å². The summed E-state index contributed by atoms with van der Waals surface area (Å²) in [5.41, 5.74) is -0.279. The largest absolute Gasteiger partial charge is 0.494 e. The van der Waals surface area contributed by atoms with Gasteiger partial charge in [0.05, 0.1) is 24.7 Å². The summed E-state index contributed by atoms with van der Waals surface area (Å²) < 4.78 is 11.1. The predicted molar refractivity (Wildman–Crippen MR) is 69.3 cm³/mol. The van der Waals surface area contributed by atoms with E-state index in [4.69, 9.17) is 9.47 Å². The fraction of sp³-hybridized carbons (Fsp3) is 0.533. The number of nitrogens with zero attached hydrogens (tertiary/aromatic N) is 1. The molecule has 1 aromatic rings. The minimum Gasteiger partial charge on any atom is -0.494 e. The van der Waals surface area contributed by atoms with Gasteiger partial charge < -0.3 is 9.47 Å². The average Bonchev–Trinajstić information content (AvgIpc) is 2.46. The lowest BCUT2D eigenvalue weighted by atomic mass is 9.80. The third-order valence-corrected chi connectivity index (χ3v) is 3.37. The summed E-state index contributed by atoms with van der Waals surface area (Å²) in [6, 6.07) is 12.2. The van der Waals surface area contributed by atoms with E-state index in [2.05, 4.69) is 6.07 Å². The predicted octanol–water partition coefficient (Wildman–Crippen LogP) is 3.17. The van der Waals surface area contributed by atoms with Crippen molar-refractivity contribution in [3.05, 3.63) is 30.3 Å². The molecule has 3 heteroatoms. The van der Waals surface area contributed by atoms with Crippen LogP contribution in [0.25, 0.3) is 0 Å². The van der Waals surface area contributed by atoms with Crippen LogP contribution in [0.5, 0.6) is 5.75 Å². The second-order valence-electron chi connectivity index (χ2n) is 4.81. The molecule has 1 fully saturated rings. The van der Waals surface area contributed by atoms with Gasteiger partial charge in [0.1, 0.15) is 5.75 Å². The van der Waals surface area contributed by atoms with Crippen LogP contribution in [0.2, 0.25) is 0 Å². The minimum atomic E-state index is -0.279. The first-order valence-corrected chi connectivity index (χ1v) is 6.52. The van der Waals surface area contributed by atoms with Crippen LogP contribution < -0.4 is 4.74 Å². The van der Waals surface area contributed by atoms with Crippen molar-refractivity contribution in [1.82, 2.24) is 0 Å². The van der Waals surface area contributed by atoms with Gasteiger partial charge in [-0.15, -0.1) is 0 Å². The second kappa shape index (κ2) is 6.42. The summed E-state index contributed by atoms with van der Waals surface area (Å²) in [5.74, 6) is 0.892. The number of benzene rings is 1.